The van der Waals surface area contributed by atoms with E-state index >= 15 is 0 Å². The highest BCUT2D eigenvalue weighted by Gasteiger charge is 2.27. The van der Waals surface area contributed by atoms with Crippen LogP contribution in [0.5, 0.6) is 0 Å². The SMILES string of the molecule is Cc1c(F)ccc2c1N(c1nc(NC(=O)C=CCl)nc3cnccc13)CC2. The van der Waals surface area contributed by atoms with Gasteiger partial charge in [0.1, 0.15) is 11.6 Å². The Bertz CT molecular complexity index is 1090. The number of fused-ring (bicyclic) bond motifs is 2. The molecule has 3 aromatic rings. The van der Waals surface area contributed by atoms with E-state index in [4.69, 9.17) is 11.6 Å². The number of carbonyl (C=O) groups excluding carboxylic acids is 1. The third-order valence-corrected chi connectivity index (χ3v) is 4.63. The first-order valence-corrected chi connectivity index (χ1v) is 8.77. The van der Waals surface area contributed by atoms with Gasteiger partial charge in [-0.25, -0.2) is 9.37 Å². The first-order chi connectivity index (χ1) is 13.1. The molecule has 0 spiro atoms. The van der Waals surface area contributed by atoms with Crippen molar-refractivity contribution in [2.24, 2.45) is 0 Å². The lowest BCUT2D eigenvalue weighted by Crippen LogP contribution is -2.19. The lowest BCUT2D eigenvalue weighted by Gasteiger charge is -2.22. The van der Waals surface area contributed by atoms with Gasteiger partial charge < -0.3 is 4.90 Å². The molecule has 8 heteroatoms. The number of carbonyl (C=O) groups is 1. The second-order valence-corrected chi connectivity index (χ2v) is 6.38. The van der Waals surface area contributed by atoms with Crippen molar-refractivity contribution in [1.82, 2.24) is 15.0 Å². The van der Waals surface area contributed by atoms with Gasteiger partial charge in [0.25, 0.3) is 5.91 Å². The Labute approximate surface area is 159 Å². The summed E-state index contributed by atoms with van der Waals surface area (Å²) in [4.78, 5) is 26.8. The summed E-state index contributed by atoms with van der Waals surface area (Å²) in [5.41, 5.74) is 4.13. The number of anilines is 3. The Morgan fingerprint density at radius 1 is 1.33 bits per heavy atom. The standard InChI is InChI=1S/C19H15ClFN5O/c1-11-14(21)3-2-12-6-9-26(17(11)12)18-13-5-8-22-10-15(13)23-19(25-18)24-16(27)4-7-20/h2-5,7-8,10H,6,9H2,1H3,(H,23,24,25,27). The highest BCUT2D eigenvalue weighted by atomic mass is 35.5. The molecule has 0 saturated carbocycles. The molecular weight excluding hydrogens is 369 g/mol. The van der Waals surface area contributed by atoms with Crippen LogP contribution in [0.25, 0.3) is 10.9 Å². The molecule has 3 heterocycles. The van der Waals surface area contributed by atoms with Gasteiger partial charge in [0.15, 0.2) is 0 Å². The van der Waals surface area contributed by atoms with E-state index in [1.54, 1.807) is 25.4 Å². The molecule has 0 fully saturated rings. The normalized spacial score (nSPS) is 13.4. The summed E-state index contributed by atoms with van der Waals surface area (Å²) in [6, 6.07) is 5.10. The van der Waals surface area contributed by atoms with Crippen LogP contribution in [-0.4, -0.2) is 27.4 Å². The van der Waals surface area contributed by atoms with Crippen molar-refractivity contribution >= 4 is 45.9 Å². The van der Waals surface area contributed by atoms with Crippen LogP contribution in [-0.2, 0) is 11.2 Å². The number of halogens is 2. The van der Waals surface area contributed by atoms with Gasteiger partial charge in [-0.1, -0.05) is 17.7 Å². The zero-order valence-corrected chi connectivity index (χ0v) is 15.2. The van der Waals surface area contributed by atoms with Crippen LogP contribution < -0.4 is 10.2 Å². The van der Waals surface area contributed by atoms with Crippen molar-refractivity contribution in [3.8, 4) is 0 Å². The molecule has 0 saturated heterocycles. The van der Waals surface area contributed by atoms with Gasteiger partial charge in [-0.3, -0.25) is 15.1 Å². The molecule has 0 radical (unpaired) electrons. The minimum Gasteiger partial charge on any atom is -0.325 e. The molecule has 1 aliphatic heterocycles. The zero-order valence-electron chi connectivity index (χ0n) is 14.4. The number of benzene rings is 1. The summed E-state index contributed by atoms with van der Waals surface area (Å²) < 4.78 is 14.2. The molecular formula is C19H15ClFN5O. The molecule has 1 amide bonds. The molecule has 1 aliphatic rings. The van der Waals surface area contributed by atoms with Gasteiger partial charge in [0.2, 0.25) is 5.95 Å². The topological polar surface area (TPSA) is 71.0 Å². The van der Waals surface area contributed by atoms with Gasteiger partial charge in [-0.15, -0.1) is 0 Å². The number of rotatable bonds is 3. The van der Waals surface area contributed by atoms with Gasteiger partial charge in [0, 0.05) is 35.3 Å². The van der Waals surface area contributed by atoms with E-state index in [1.807, 2.05) is 11.0 Å². The highest BCUT2D eigenvalue weighted by molar-refractivity contribution is 6.27. The van der Waals surface area contributed by atoms with E-state index in [0.717, 1.165) is 28.6 Å². The number of aromatic nitrogens is 3. The minimum absolute atomic E-state index is 0.132. The summed E-state index contributed by atoms with van der Waals surface area (Å²) in [5.74, 6) is 0.0254. The van der Waals surface area contributed by atoms with Crippen molar-refractivity contribution in [3.05, 3.63) is 59.1 Å². The number of hydrogen-bond donors (Lipinski definition) is 1. The maximum atomic E-state index is 14.2. The fraction of sp³-hybridized carbons (Fsp3) is 0.158. The molecule has 0 bridgehead atoms. The maximum Gasteiger partial charge on any atom is 0.251 e. The van der Waals surface area contributed by atoms with Crippen molar-refractivity contribution in [2.45, 2.75) is 13.3 Å². The van der Waals surface area contributed by atoms with Crippen molar-refractivity contribution in [1.29, 1.82) is 0 Å². The molecule has 1 N–H and O–H groups in total. The fourth-order valence-electron chi connectivity index (χ4n) is 3.30. The van der Waals surface area contributed by atoms with Crippen molar-refractivity contribution < 1.29 is 9.18 Å². The quantitative estimate of drug-likeness (QED) is 0.695. The molecule has 4 rings (SSSR count). The van der Waals surface area contributed by atoms with Gasteiger partial charge >= 0.3 is 0 Å². The number of amides is 1. The summed E-state index contributed by atoms with van der Waals surface area (Å²) in [5, 5.41) is 3.36. The Kier molecular flexibility index (Phi) is 4.45. The molecule has 136 valence electrons. The Morgan fingerprint density at radius 3 is 3.00 bits per heavy atom. The minimum atomic E-state index is -0.441. The number of pyridine rings is 1. The van der Waals surface area contributed by atoms with E-state index < -0.39 is 5.91 Å². The van der Waals surface area contributed by atoms with Crippen molar-refractivity contribution in [3.63, 3.8) is 0 Å². The molecule has 0 unspecified atom stereocenters. The summed E-state index contributed by atoms with van der Waals surface area (Å²) >= 11 is 5.45. The largest absolute Gasteiger partial charge is 0.325 e. The van der Waals surface area contributed by atoms with E-state index in [1.165, 1.54) is 12.1 Å². The van der Waals surface area contributed by atoms with E-state index in [2.05, 4.69) is 20.3 Å². The van der Waals surface area contributed by atoms with Gasteiger partial charge in [-0.05, 0) is 31.0 Å². The fourth-order valence-corrected chi connectivity index (χ4v) is 3.41. The third-order valence-electron chi connectivity index (χ3n) is 4.51. The van der Waals surface area contributed by atoms with Gasteiger partial charge in [-0.2, -0.15) is 4.98 Å². The Balaban J connectivity index is 1.88. The Morgan fingerprint density at radius 2 is 2.19 bits per heavy atom. The van der Waals surface area contributed by atoms with Crippen LogP contribution in [0.1, 0.15) is 11.1 Å². The maximum absolute atomic E-state index is 14.2. The van der Waals surface area contributed by atoms with Crippen LogP contribution in [0.4, 0.5) is 21.8 Å². The summed E-state index contributed by atoms with van der Waals surface area (Å²) in [7, 11) is 0. The lowest BCUT2D eigenvalue weighted by molar-refractivity contribution is -0.111. The number of hydrogen-bond acceptors (Lipinski definition) is 5. The van der Waals surface area contributed by atoms with Crippen LogP contribution in [0.3, 0.4) is 0 Å². The molecule has 27 heavy (non-hydrogen) atoms. The van der Waals surface area contributed by atoms with Crippen LogP contribution >= 0.6 is 11.6 Å². The van der Waals surface area contributed by atoms with Crippen LogP contribution in [0.2, 0.25) is 0 Å². The van der Waals surface area contributed by atoms with E-state index in [9.17, 15) is 9.18 Å². The molecule has 2 aromatic heterocycles. The second-order valence-electron chi connectivity index (χ2n) is 6.13. The third kappa shape index (κ3) is 3.10. The predicted octanol–water partition coefficient (Wildman–Crippen LogP) is 3.86. The summed E-state index contributed by atoms with van der Waals surface area (Å²) in [6.07, 6.45) is 5.20. The lowest BCUT2D eigenvalue weighted by atomic mass is 10.1. The summed E-state index contributed by atoms with van der Waals surface area (Å²) in [6.45, 7) is 2.41. The monoisotopic (exact) mass is 383 g/mol. The van der Waals surface area contributed by atoms with Crippen molar-refractivity contribution in [2.75, 3.05) is 16.8 Å². The van der Waals surface area contributed by atoms with Crippen LogP contribution in [0.15, 0.2) is 42.2 Å². The van der Waals surface area contributed by atoms with Crippen LogP contribution in [0, 0.1) is 12.7 Å². The first kappa shape index (κ1) is 17.4. The van der Waals surface area contributed by atoms with Gasteiger partial charge in [0.05, 0.1) is 17.4 Å². The van der Waals surface area contributed by atoms with E-state index in [0.29, 0.717) is 23.4 Å². The number of nitrogens with one attached hydrogen (secondary N) is 1. The number of nitrogens with zero attached hydrogens (tertiary/aromatic N) is 4. The second kappa shape index (κ2) is 6.92. The average Bonchev–Trinajstić information content (AvgIpc) is 3.09. The average molecular weight is 384 g/mol. The van der Waals surface area contributed by atoms with E-state index in [-0.39, 0.29) is 11.8 Å². The predicted molar refractivity (Wildman–Crippen MR) is 103 cm³/mol. The smallest absolute Gasteiger partial charge is 0.251 e. The first-order valence-electron chi connectivity index (χ1n) is 8.33. The Hall–Kier alpha value is -3.06. The highest BCUT2D eigenvalue weighted by Crippen LogP contribution is 2.40. The molecule has 1 aromatic carbocycles. The molecule has 6 nitrogen and oxygen atoms in total. The molecule has 0 aliphatic carbocycles. The zero-order chi connectivity index (χ0) is 19.0. The molecule has 0 atom stereocenters.